The second-order valence-electron chi connectivity index (χ2n) is 5.50. The van der Waals surface area contributed by atoms with Crippen LogP contribution in [0.25, 0.3) is 0 Å². The van der Waals surface area contributed by atoms with E-state index in [1.807, 2.05) is 24.3 Å². The minimum Gasteiger partial charge on any atom is -0.492 e. The lowest BCUT2D eigenvalue weighted by atomic mass is 9.79. The molecule has 2 unspecified atom stereocenters. The van der Waals surface area contributed by atoms with Crippen molar-refractivity contribution in [3.05, 3.63) is 28.7 Å². The number of aliphatic carboxylic acids is 1. The van der Waals surface area contributed by atoms with Gasteiger partial charge in [-0.25, -0.2) is 0 Å². The van der Waals surface area contributed by atoms with E-state index in [0.29, 0.717) is 6.61 Å². The summed E-state index contributed by atoms with van der Waals surface area (Å²) in [6, 6.07) is 7.74. The van der Waals surface area contributed by atoms with E-state index in [0.717, 1.165) is 49.0 Å². The first-order valence-electron chi connectivity index (χ1n) is 7.48. The summed E-state index contributed by atoms with van der Waals surface area (Å²) in [6.45, 7) is 2.09. The number of rotatable bonds is 7. The fourth-order valence-electron chi connectivity index (χ4n) is 2.84. The normalized spacial score (nSPS) is 22.0. The van der Waals surface area contributed by atoms with Crippen molar-refractivity contribution in [3.8, 4) is 5.75 Å². The van der Waals surface area contributed by atoms with Crippen LogP contribution in [0.2, 0.25) is 0 Å². The molecule has 1 aromatic carbocycles. The van der Waals surface area contributed by atoms with Crippen LogP contribution in [0.15, 0.2) is 28.7 Å². The Morgan fingerprint density at radius 2 is 2.00 bits per heavy atom. The highest BCUT2D eigenvalue weighted by Crippen LogP contribution is 2.29. The number of ether oxygens (including phenoxy) is 1. The third-order valence-electron chi connectivity index (χ3n) is 3.99. The highest BCUT2D eigenvalue weighted by atomic mass is 79.9. The molecule has 0 radical (unpaired) electrons. The predicted octanol–water partition coefficient (Wildman–Crippen LogP) is 3.31. The summed E-state index contributed by atoms with van der Waals surface area (Å²) in [5, 5.41) is 12.6. The fraction of sp³-hybridized carbons (Fsp3) is 0.562. The van der Waals surface area contributed by atoms with Gasteiger partial charge in [-0.3, -0.25) is 4.79 Å². The van der Waals surface area contributed by atoms with Gasteiger partial charge >= 0.3 is 5.97 Å². The molecule has 0 saturated heterocycles. The Hall–Kier alpha value is -1.07. The van der Waals surface area contributed by atoms with E-state index in [4.69, 9.17) is 4.74 Å². The van der Waals surface area contributed by atoms with Gasteiger partial charge < -0.3 is 15.2 Å². The minimum absolute atomic E-state index is 0.182. The summed E-state index contributed by atoms with van der Waals surface area (Å²) in [6.07, 6.45) is 4.01. The molecule has 2 rings (SSSR count). The first-order valence-corrected chi connectivity index (χ1v) is 8.28. The van der Waals surface area contributed by atoms with Gasteiger partial charge in [0.2, 0.25) is 0 Å². The molecule has 1 fully saturated rings. The third kappa shape index (κ3) is 5.32. The summed E-state index contributed by atoms with van der Waals surface area (Å²) in [4.78, 5) is 11.2. The van der Waals surface area contributed by atoms with Crippen LogP contribution in [0, 0.1) is 11.8 Å². The second-order valence-corrected chi connectivity index (χ2v) is 6.41. The van der Waals surface area contributed by atoms with Crippen molar-refractivity contribution >= 4 is 21.9 Å². The molecule has 4 nitrogen and oxygen atoms in total. The van der Waals surface area contributed by atoms with Gasteiger partial charge in [0.15, 0.2) is 0 Å². The Morgan fingerprint density at radius 1 is 1.29 bits per heavy atom. The van der Waals surface area contributed by atoms with E-state index in [1.165, 1.54) is 0 Å². The number of hydrogen-bond acceptors (Lipinski definition) is 3. The van der Waals surface area contributed by atoms with Gasteiger partial charge in [0.1, 0.15) is 12.4 Å². The molecule has 2 atom stereocenters. The van der Waals surface area contributed by atoms with Crippen LogP contribution >= 0.6 is 15.9 Å². The standard InChI is InChI=1S/C16H22BrNO3/c17-13-5-7-14(8-6-13)21-10-9-18-11-12-3-1-2-4-15(12)16(19)20/h5-8,12,15,18H,1-4,9-11H2,(H,19,20). The molecule has 0 bridgehead atoms. The molecule has 0 amide bonds. The van der Waals surface area contributed by atoms with Crippen LogP contribution in [-0.2, 0) is 4.79 Å². The molecule has 5 heteroatoms. The van der Waals surface area contributed by atoms with Crippen LogP contribution in [0.4, 0.5) is 0 Å². The number of carboxylic acids is 1. The van der Waals surface area contributed by atoms with E-state index in [9.17, 15) is 9.90 Å². The smallest absolute Gasteiger partial charge is 0.306 e. The molecule has 0 heterocycles. The SMILES string of the molecule is O=C(O)C1CCCCC1CNCCOc1ccc(Br)cc1. The van der Waals surface area contributed by atoms with Crippen molar-refractivity contribution in [3.63, 3.8) is 0 Å². The number of carbonyl (C=O) groups is 1. The molecule has 0 spiro atoms. The molecule has 116 valence electrons. The maximum absolute atomic E-state index is 11.2. The van der Waals surface area contributed by atoms with Crippen LogP contribution < -0.4 is 10.1 Å². The largest absolute Gasteiger partial charge is 0.492 e. The molecule has 1 saturated carbocycles. The number of nitrogens with one attached hydrogen (secondary N) is 1. The summed E-state index contributed by atoms with van der Waals surface area (Å²) in [5.41, 5.74) is 0. The van der Waals surface area contributed by atoms with Crippen molar-refractivity contribution in [2.75, 3.05) is 19.7 Å². The number of hydrogen-bond donors (Lipinski definition) is 2. The quantitative estimate of drug-likeness (QED) is 0.736. The molecule has 21 heavy (non-hydrogen) atoms. The highest BCUT2D eigenvalue weighted by Gasteiger charge is 2.30. The highest BCUT2D eigenvalue weighted by molar-refractivity contribution is 9.10. The minimum atomic E-state index is -0.646. The maximum atomic E-state index is 11.2. The topological polar surface area (TPSA) is 58.6 Å². The van der Waals surface area contributed by atoms with Gasteiger partial charge in [0.05, 0.1) is 5.92 Å². The Labute approximate surface area is 134 Å². The summed E-state index contributed by atoms with van der Waals surface area (Å²) in [7, 11) is 0. The van der Waals surface area contributed by atoms with E-state index >= 15 is 0 Å². The van der Waals surface area contributed by atoms with Crippen molar-refractivity contribution in [2.24, 2.45) is 11.8 Å². The fourth-order valence-corrected chi connectivity index (χ4v) is 3.10. The summed E-state index contributed by atoms with van der Waals surface area (Å²) >= 11 is 3.38. The Kier molecular flexibility index (Phi) is 6.51. The molecule has 0 aromatic heterocycles. The summed E-state index contributed by atoms with van der Waals surface area (Å²) in [5.74, 6) is 0.274. The third-order valence-corrected chi connectivity index (χ3v) is 4.52. The van der Waals surface area contributed by atoms with E-state index in [1.54, 1.807) is 0 Å². The number of carboxylic acid groups (broad SMARTS) is 1. The van der Waals surface area contributed by atoms with Crippen molar-refractivity contribution in [2.45, 2.75) is 25.7 Å². The van der Waals surface area contributed by atoms with Gasteiger partial charge in [0.25, 0.3) is 0 Å². The second kappa shape index (κ2) is 8.39. The lowest BCUT2D eigenvalue weighted by molar-refractivity contribution is -0.144. The lowest BCUT2D eigenvalue weighted by Crippen LogP contribution is -2.36. The van der Waals surface area contributed by atoms with Crippen LogP contribution in [0.3, 0.4) is 0 Å². The van der Waals surface area contributed by atoms with E-state index < -0.39 is 5.97 Å². The number of halogens is 1. The average molecular weight is 356 g/mol. The van der Waals surface area contributed by atoms with E-state index in [2.05, 4.69) is 21.2 Å². The van der Waals surface area contributed by atoms with Gasteiger partial charge in [0, 0.05) is 11.0 Å². The lowest BCUT2D eigenvalue weighted by Gasteiger charge is -2.28. The van der Waals surface area contributed by atoms with Crippen molar-refractivity contribution < 1.29 is 14.6 Å². The van der Waals surface area contributed by atoms with Crippen LogP contribution in [0.1, 0.15) is 25.7 Å². The van der Waals surface area contributed by atoms with Crippen LogP contribution in [0.5, 0.6) is 5.75 Å². The molecule has 1 aromatic rings. The zero-order valence-electron chi connectivity index (χ0n) is 12.1. The Morgan fingerprint density at radius 3 is 2.71 bits per heavy atom. The Bertz CT molecular complexity index is 449. The molecular formula is C16H22BrNO3. The Balaban J connectivity index is 1.64. The van der Waals surface area contributed by atoms with Gasteiger partial charge in [-0.05, 0) is 49.6 Å². The molecule has 2 N–H and O–H groups in total. The number of benzene rings is 1. The zero-order valence-corrected chi connectivity index (χ0v) is 13.6. The first-order chi connectivity index (χ1) is 10.2. The first kappa shape index (κ1) is 16.3. The van der Waals surface area contributed by atoms with Gasteiger partial charge in [-0.15, -0.1) is 0 Å². The average Bonchev–Trinajstić information content (AvgIpc) is 2.49. The van der Waals surface area contributed by atoms with Crippen molar-refractivity contribution in [1.29, 1.82) is 0 Å². The molecular weight excluding hydrogens is 334 g/mol. The van der Waals surface area contributed by atoms with Crippen LogP contribution in [-0.4, -0.2) is 30.8 Å². The van der Waals surface area contributed by atoms with Gasteiger partial charge in [-0.2, -0.15) is 0 Å². The molecule has 1 aliphatic carbocycles. The summed E-state index contributed by atoms with van der Waals surface area (Å²) < 4.78 is 6.66. The van der Waals surface area contributed by atoms with Gasteiger partial charge in [-0.1, -0.05) is 28.8 Å². The zero-order chi connectivity index (χ0) is 15.1. The van der Waals surface area contributed by atoms with E-state index in [-0.39, 0.29) is 11.8 Å². The maximum Gasteiger partial charge on any atom is 0.306 e. The predicted molar refractivity (Wildman–Crippen MR) is 85.6 cm³/mol. The monoisotopic (exact) mass is 355 g/mol. The molecule has 0 aliphatic heterocycles. The van der Waals surface area contributed by atoms with Crippen molar-refractivity contribution in [1.82, 2.24) is 5.32 Å². The molecule has 1 aliphatic rings.